The molecule has 3 atom stereocenters. The molecule has 0 aromatic carbocycles. The maximum absolute atomic E-state index is 12.5. The van der Waals surface area contributed by atoms with Crippen LogP contribution in [-0.4, -0.2) is 46.1 Å². The predicted molar refractivity (Wildman–Crippen MR) is 292 cm³/mol. The van der Waals surface area contributed by atoms with E-state index in [2.05, 4.69) is 31.3 Å². The summed E-state index contributed by atoms with van der Waals surface area (Å²) in [7, 11) is 0. The van der Waals surface area contributed by atoms with E-state index in [1.54, 1.807) is 0 Å². The van der Waals surface area contributed by atoms with Gasteiger partial charge >= 0.3 is 0 Å². The molecule has 0 bridgehead atoms. The number of hydrogen-bond acceptors (Lipinski definition) is 4. The third kappa shape index (κ3) is 51.0. The second-order valence-corrected chi connectivity index (χ2v) is 21.3. The quantitative estimate of drug-likeness (QED) is 0.0361. The number of carbonyl (C=O) groups excluding carboxylic acids is 1. The molecule has 0 aromatic rings. The molecule has 0 aliphatic rings. The molecular formula is C61H121NO4. The summed E-state index contributed by atoms with van der Waals surface area (Å²) in [5, 5.41) is 33.9. The zero-order valence-corrected chi connectivity index (χ0v) is 45.1. The summed E-state index contributed by atoms with van der Waals surface area (Å²) in [4.78, 5) is 12.5. The molecule has 0 aliphatic heterocycles. The van der Waals surface area contributed by atoms with Gasteiger partial charge in [0.1, 0.15) is 6.10 Å². The van der Waals surface area contributed by atoms with Crippen molar-refractivity contribution in [2.75, 3.05) is 6.61 Å². The average molecular weight is 933 g/mol. The number of rotatable bonds is 57. The Bertz CT molecular complexity index is 940. The van der Waals surface area contributed by atoms with Crippen LogP contribution < -0.4 is 5.32 Å². The number of amides is 1. The number of unbranched alkanes of at least 4 members (excludes halogenated alkanes) is 47. The van der Waals surface area contributed by atoms with E-state index >= 15 is 0 Å². The fraction of sp³-hybridized carbons (Fsp3) is 0.951. The Balaban J connectivity index is 3.48. The zero-order chi connectivity index (χ0) is 47.9. The van der Waals surface area contributed by atoms with E-state index in [9.17, 15) is 20.1 Å². The Morgan fingerprint density at radius 1 is 0.364 bits per heavy atom. The number of hydrogen-bond donors (Lipinski definition) is 4. The summed E-state index contributed by atoms with van der Waals surface area (Å²) in [6, 6.07) is -0.807. The number of nitrogens with one attached hydrogen (secondary N) is 1. The fourth-order valence-corrected chi connectivity index (χ4v) is 9.93. The summed E-state index contributed by atoms with van der Waals surface area (Å²) >= 11 is 0. The maximum atomic E-state index is 12.5. The highest BCUT2D eigenvalue weighted by molar-refractivity contribution is 5.76. The van der Waals surface area contributed by atoms with E-state index in [1.807, 2.05) is 0 Å². The second-order valence-electron chi connectivity index (χ2n) is 21.3. The van der Waals surface area contributed by atoms with Crippen LogP contribution in [0.1, 0.15) is 348 Å². The molecule has 394 valence electrons. The lowest BCUT2D eigenvalue weighted by atomic mass is 9.99. The zero-order valence-electron chi connectivity index (χ0n) is 45.1. The minimum atomic E-state index is -1.13. The molecule has 4 N–H and O–H groups in total. The van der Waals surface area contributed by atoms with Gasteiger partial charge in [0.15, 0.2) is 0 Å². The summed E-state index contributed by atoms with van der Waals surface area (Å²) in [6.45, 7) is 4.23. The van der Waals surface area contributed by atoms with Gasteiger partial charge in [0, 0.05) is 6.42 Å². The van der Waals surface area contributed by atoms with Gasteiger partial charge in [0.05, 0.1) is 18.8 Å². The highest BCUT2D eigenvalue weighted by atomic mass is 16.3. The Kier molecular flexibility index (Phi) is 55.9. The van der Waals surface area contributed by atoms with Crippen molar-refractivity contribution in [3.63, 3.8) is 0 Å². The van der Waals surface area contributed by atoms with E-state index in [4.69, 9.17) is 0 Å². The first kappa shape index (κ1) is 65.1. The van der Waals surface area contributed by atoms with Crippen LogP contribution in [0, 0.1) is 0 Å². The van der Waals surface area contributed by atoms with E-state index in [0.717, 1.165) is 32.1 Å². The van der Waals surface area contributed by atoms with Crippen LogP contribution in [0.4, 0.5) is 0 Å². The lowest BCUT2D eigenvalue weighted by Crippen LogP contribution is -2.50. The maximum Gasteiger partial charge on any atom is 0.220 e. The van der Waals surface area contributed by atoms with Crippen molar-refractivity contribution >= 4 is 5.91 Å². The lowest BCUT2D eigenvalue weighted by Gasteiger charge is -2.26. The molecule has 0 saturated carbocycles. The van der Waals surface area contributed by atoms with Crippen LogP contribution in [0.25, 0.3) is 0 Å². The van der Waals surface area contributed by atoms with Crippen molar-refractivity contribution < 1.29 is 20.1 Å². The van der Waals surface area contributed by atoms with Crippen molar-refractivity contribution in [1.82, 2.24) is 5.32 Å². The molecule has 1 amide bonds. The number of carbonyl (C=O) groups is 1. The molecule has 5 heteroatoms. The van der Waals surface area contributed by atoms with Gasteiger partial charge in [0.2, 0.25) is 5.91 Å². The van der Waals surface area contributed by atoms with Crippen LogP contribution >= 0.6 is 0 Å². The van der Waals surface area contributed by atoms with Crippen molar-refractivity contribution in [3.05, 3.63) is 12.2 Å². The Morgan fingerprint density at radius 2 is 0.606 bits per heavy atom. The van der Waals surface area contributed by atoms with Crippen molar-refractivity contribution in [2.45, 2.75) is 366 Å². The summed E-state index contributed by atoms with van der Waals surface area (Å²) in [5.41, 5.74) is 0. The van der Waals surface area contributed by atoms with Crippen LogP contribution in [0.15, 0.2) is 12.2 Å². The molecule has 5 nitrogen and oxygen atoms in total. The molecule has 0 saturated heterocycles. The molecule has 0 fully saturated rings. The van der Waals surface area contributed by atoms with Gasteiger partial charge in [-0.25, -0.2) is 0 Å². The fourth-order valence-electron chi connectivity index (χ4n) is 9.93. The second kappa shape index (κ2) is 56.7. The van der Waals surface area contributed by atoms with E-state index in [0.29, 0.717) is 12.8 Å². The van der Waals surface area contributed by atoms with Crippen LogP contribution in [-0.2, 0) is 4.79 Å². The normalized spacial score (nSPS) is 13.2. The highest BCUT2D eigenvalue weighted by Crippen LogP contribution is 2.19. The Labute approximate surface area is 414 Å². The Morgan fingerprint density at radius 3 is 0.879 bits per heavy atom. The van der Waals surface area contributed by atoms with Crippen LogP contribution in [0.3, 0.4) is 0 Å². The largest absolute Gasteiger partial charge is 0.394 e. The molecule has 0 spiro atoms. The smallest absolute Gasteiger partial charge is 0.220 e. The van der Waals surface area contributed by atoms with Crippen molar-refractivity contribution in [3.8, 4) is 0 Å². The monoisotopic (exact) mass is 932 g/mol. The van der Waals surface area contributed by atoms with Crippen molar-refractivity contribution in [2.24, 2.45) is 0 Å². The van der Waals surface area contributed by atoms with Crippen LogP contribution in [0.5, 0.6) is 0 Å². The summed E-state index contributed by atoms with van der Waals surface area (Å²) < 4.78 is 0. The van der Waals surface area contributed by atoms with Crippen LogP contribution in [0.2, 0.25) is 0 Å². The van der Waals surface area contributed by atoms with E-state index in [-0.39, 0.29) is 12.5 Å². The minimum Gasteiger partial charge on any atom is -0.394 e. The van der Waals surface area contributed by atoms with Gasteiger partial charge in [-0.2, -0.15) is 0 Å². The average Bonchev–Trinajstić information content (AvgIpc) is 3.32. The molecule has 66 heavy (non-hydrogen) atoms. The molecule has 0 heterocycles. The molecule has 3 unspecified atom stereocenters. The summed E-state index contributed by atoms with van der Waals surface area (Å²) in [5.74, 6) is -0.137. The van der Waals surface area contributed by atoms with Gasteiger partial charge < -0.3 is 20.6 Å². The highest BCUT2D eigenvalue weighted by Gasteiger charge is 2.26. The molecule has 0 radical (unpaired) electrons. The summed E-state index contributed by atoms with van der Waals surface area (Å²) in [6.07, 6.45) is 71.0. The molecule has 0 aliphatic carbocycles. The number of aliphatic hydroxyl groups excluding tert-OH is 3. The third-order valence-electron chi connectivity index (χ3n) is 14.6. The SMILES string of the molecule is CCCCCCCCCCCCCC/C=C\CCCCCCCCCCCCCCCCC(=O)NC(CO)C(O)C(O)CCCCCCCCCCCCCCCCCCCCCCCC. The first-order chi connectivity index (χ1) is 32.6. The third-order valence-corrected chi connectivity index (χ3v) is 14.6. The molecule has 0 rings (SSSR count). The standard InChI is InChI=1S/C61H121NO4/c1-3-5-7-9-11-13-15-17-19-21-23-25-27-28-29-30-31-32-33-34-36-38-40-42-44-46-48-50-52-54-56-60(65)62-58(57-63)61(66)59(64)55-53-51-49-47-45-43-41-39-37-35-26-24-22-20-18-16-14-12-10-8-6-4-2/h28-29,58-59,61,63-64,66H,3-27,30-57H2,1-2H3,(H,62,65)/b29-28-. The van der Waals surface area contributed by atoms with Crippen molar-refractivity contribution in [1.29, 1.82) is 0 Å². The number of allylic oxidation sites excluding steroid dienone is 2. The van der Waals surface area contributed by atoms with Gasteiger partial charge in [-0.3, -0.25) is 4.79 Å². The number of aliphatic hydroxyl groups is 3. The predicted octanol–water partition coefficient (Wildman–Crippen LogP) is 19.1. The van der Waals surface area contributed by atoms with Gasteiger partial charge in [-0.05, 0) is 38.5 Å². The molecule has 0 aromatic heterocycles. The lowest BCUT2D eigenvalue weighted by molar-refractivity contribution is -0.124. The first-order valence-electron chi connectivity index (χ1n) is 30.5. The topological polar surface area (TPSA) is 89.8 Å². The molecular weight excluding hydrogens is 811 g/mol. The van der Waals surface area contributed by atoms with E-state index < -0.39 is 18.2 Å². The van der Waals surface area contributed by atoms with Gasteiger partial charge in [-0.15, -0.1) is 0 Å². The Hall–Kier alpha value is -0.910. The van der Waals surface area contributed by atoms with E-state index in [1.165, 1.54) is 289 Å². The minimum absolute atomic E-state index is 0.137. The van der Waals surface area contributed by atoms with Gasteiger partial charge in [-0.1, -0.05) is 315 Å². The first-order valence-corrected chi connectivity index (χ1v) is 30.5. The van der Waals surface area contributed by atoms with Gasteiger partial charge in [0.25, 0.3) is 0 Å².